The van der Waals surface area contributed by atoms with Crippen LogP contribution in [0.3, 0.4) is 0 Å². The van der Waals surface area contributed by atoms with E-state index in [4.69, 9.17) is 0 Å². The Balaban J connectivity index is 2.42. The number of carbonyl (C=O) groups excluding carboxylic acids is 1. The van der Waals surface area contributed by atoms with E-state index < -0.39 is 23.8 Å². The molecule has 3 nitrogen and oxygen atoms in total. The molecule has 0 aliphatic carbocycles. The van der Waals surface area contributed by atoms with Crippen molar-refractivity contribution < 1.29 is 23.1 Å². The van der Waals surface area contributed by atoms with Gasteiger partial charge in [0.05, 0.1) is 30.3 Å². The van der Waals surface area contributed by atoms with E-state index in [1.165, 1.54) is 18.2 Å². The van der Waals surface area contributed by atoms with Crippen LogP contribution in [0, 0.1) is 0 Å². The number of hydrogen-bond acceptors (Lipinski definition) is 2. The van der Waals surface area contributed by atoms with Gasteiger partial charge in [-0.05, 0) is 12.1 Å². The summed E-state index contributed by atoms with van der Waals surface area (Å²) in [7, 11) is 0. The quantitative estimate of drug-likeness (QED) is 0.819. The zero-order valence-electron chi connectivity index (χ0n) is 8.74. The number of anilines is 1. The van der Waals surface area contributed by atoms with Gasteiger partial charge in [-0.3, -0.25) is 4.79 Å². The van der Waals surface area contributed by atoms with Gasteiger partial charge in [-0.2, -0.15) is 13.2 Å². The van der Waals surface area contributed by atoms with E-state index in [-0.39, 0.29) is 18.7 Å². The number of hydrogen-bond donors (Lipinski definition) is 1. The normalized spacial score (nSPS) is 21.1. The Kier molecular flexibility index (Phi) is 2.82. The highest BCUT2D eigenvalue weighted by molar-refractivity contribution is 5.96. The van der Waals surface area contributed by atoms with Gasteiger partial charge >= 0.3 is 6.18 Å². The van der Waals surface area contributed by atoms with Crippen molar-refractivity contribution in [2.75, 3.05) is 11.4 Å². The molecule has 0 radical (unpaired) electrons. The van der Waals surface area contributed by atoms with Crippen molar-refractivity contribution in [3.63, 3.8) is 0 Å². The van der Waals surface area contributed by atoms with E-state index in [2.05, 4.69) is 0 Å². The van der Waals surface area contributed by atoms with Crippen molar-refractivity contribution in [3.05, 3.63) is 29.8 Å². The van der Waals surface area contributed by atoms with Crippen molar-refractivity contribution in [2.24, 2.45) is 0 Å². The van der Waals surface area contributed by atoms with Gasteiger partial charge in [-0.25, -0.2) is 0 Å². The molecule has 1 N–H and O–H groups in total. The van der Waals surface area contributed by atoms with Crippen LogP contribution in [0.2, 0.25) is 0 Å². The zero-order chi connectivity index (χ0) is 12.6. The molecule has 1 amide bonds. The Labute approximate surface area is 95.5 Å². The number of carbonyl (C=O) groups is 1. The fraction of sp³-hybridized carbons (Fsp3) is 0.364. The molecule has 1 atom stereocenters. The molecule has 1 aromatic rings. The smallest absolute Gasteiger partial charge is 0.391 e. The highest BCUT2D eigenvalue weighted by atomic mass is 19.4. The number of para-hydroxylation sites is 1. The lowest BCUT2D eigenvalue weighted by Crippen LogP contribution is -2.27. The second-order valence-electron chi connectivity index (χ2n) is 3.88. The lowest BCUT2D eigenvalue weighted by Gasteiger charge is -2.20. The third kappa shape index (κ3) is 2.26. The Bertz CT molecular complexity index is 445. The molecule has 0 saturated carbocycles. The Morgan fingerprint density at radius 1 is 1.29 bits per heavy atom. The highest BCUT2D eigenvalue weighted by Gasteiger charge is 2.38. The van der Waals surface area contributed by atoms with Crippen LogP contribution in [-0.4, -0.2) is 23.7 Å². The Morgan fingerprint density at radius 2 is 1.94 bits per heavy atom. The second kappa shape index (κ2) is 4.03. The van der Waals surface area contributed by atoms with Crippen LogP contribution in [0.25, 0.3) is 0 Å². The molecule has 1 saturated heterocycles. The molecule has 6 heteroatoms. The van der Waals surface area contributed by atoms with Gasteiger partial charge < -0.3 is 10.0 Å². The van der Waals surface area contributed by atoms with Gasteiger partial charge in [0, 0.05) is 0 Å². The molecule has 1 aromatic carbocycles. The molecule has 1 aliphatic rings. The van der Waals surface area contributed by atoms with E-state index in [9.17, 15) is 23.1 Å². The minimum Gasteiger partial charge on any atom is -0.391 e. The molecular formula is C11H10F3NO2. The summed E-state index contributed by atoms with van der Waals surface area (Å²) < 4.78 is 38.2. The number of aliphatic hydroxyl groups excluding tert-OH is 1. The van der Waals surface area contributed by atoms with Gasteiger partial charge in [0.2, 0.25) is 5.91 Å². The number of amides is 1. The fourth-order valence-electron chi connectivity index (χ4n) is 1.87. The van der Waals surface area contributed by atoms with Gasteiger partial charge in [0.25, 0.3) is 0 Å². The zero-order valence-corrected chi connectivity index (χ0v) is 8.74. The minimum absolute atomic E-state index is 0.0913. The Hall–Kier alpha value is -1.56. The summed E-state index contributed by atoms with van der Waals surface area (Å²) >= 11 is 0. The van der Waals surface area contributed by atoms with E-state index in [1.807, 2.05) is 0 Å². The van der Waals surface area contributed by atoms with Crippen molar-refractivity contribution in [1.29, 1.82) is 0 Å². The fourth-order valence-corrected chi connectivity index (χ4v) is 1.87. The number of halogens is 3. The maximum Gasteiger partial charge on any atom is 0.418 e. The van der Waals surface area contributed by atoms with Crippen LogP contribution in [0.15, 0.2) is 24.3 Å². The topological polar surface area (TPSA) is 40.5 Å². The SMILES string of the molecule is O=C1CC(O)CN1c1ccccc1C(F)(F)F. The van der Waals surface area contributed by atoms with Crippen molar-refractivity contribution in [3.8, 4) is 0 Å². The molecule has 2 rings (SSSR count). The average molecular weight is 245 g/mol. The lowest BCUT2D eigenvalue weighted by molar-refractivity contribution is -0.137. The first-order valence-electron chi connectivity index (χ1n) is 5.04. The van der Waals surface area contributed by atoms with Crippen LogP contribution in [0.5, 0.6) is 0 Å². The summed E-state index contributed by atoms with van der Waals surface area (Å²) in [6.07, 6.45) is -5.54. The largest absolute Gasteiger partial charge is 0.418 e. The summed E-state index contributed by atoms with van der Waals surface area (Å²) in [5, 5.41) is 9.28. The highest BCUT2D eigenvalue weighted by Crippen LogP contribution is 2.37. The van der Waals surface area contributed by atoms with Crippen LogP contribution >= 0.6 is 0 Å². The number of β-amino-alcohol motifs (C(OH)–C–C–N with tert-alkyl or cyclic N) is 1. The average Bonchev–Trinajstić information content (AvgIpc) is 2.56. The van der Waals surface area contributed by atoms with Crippen LogP contribution < -0.4 is 4.90 Å². The lowest BCUT2D eigenvalue weighted by atomic mass is 10.1. The minimum atomic E-state index is -4.51. The van der Waals surface area contributed by atoms with Crippen LogP contribution in [0.4, 0.5) is 18.9 Å². The predicted octanol–water partition coefficient (Wildman–Crippen LogP) is 1.80. The maximum atomic E-state index is 12.7. The number of benzene rings is 1. The molecule has 0 bridgehead atoms. The predicted molar refractivity (Wildman–Crippen MR) is 54.4 cm³/mol. The van der Waals surface area contributed by atoms with Crippen LogP contribution in [-0.2, 0) is 11.0 Å². The van der Waals surface area contributed by atoms with Gasteiger partial charge in [-0.15, -0.1) is 0 Å². The van der Waals surface area contributed by atoms with E-state index in [1.54, 1.807) is 0 Å². The standard InChI is InChI=1S/C11H10F3NO2/c12-11(13,14)8-3-1-2-4-9(8)15-6-7(16)5-10(15)17/h1-4,7,16H,5-6H2. The molecular weight excluding hydrogens is 235 g/mol. The monoisotopic (exact) mass is 245 g/mol. The second-order valence-corrected chi connectivity index (χ2v) is 3.88. The third-order valence-electron chi connectivity index (χ3n) is 2.60. The third-order valence-corrected chi connectivity index (χ3v) is 2.60. The Morgan fingerprint density at radius 3 is 2.47 bits per heavy atom. The maximum absolute atomic E-state index is 12.7. The van der Waals surface area contributed by atoms with Gasteiger partial charge in [0.1, 0.15) is 0 Å². The summed E-state index contributed by atoms with van der Waals surface area (Å²) in [4.78, 5) is 12.4. The first-order chi connectivity index (χ1) is 7.89. The first kappa shape index (κ1) is 11.9. The first-order valence-corrected chi connectivity index (χ1v) is 5.04. The van der Waals surface area contributed by atoms with E-state index in [0.29, 0.717) is 0 Å². The molecule has 17 heavy (non-hydrogen) atoms. The van der Waals surface area contributed by atoms with Crippen molar-refractivity contribution >= 4 is 11.6 Å². The molecule has 92 valence electrons. The molecule has 1 fully saturated rings. The van der Waals surface area contributed by atoms with E-state index in [0.717, 1.165) is 11.0 Å². The van der Waals surface area contributed by atoms with E-state index >= 15 is 0 Å². The molecule has 0 spiro atoms. The van der Waals surface area contributed by atoms with Crippen molar-refractivity contribution in [1.82, 2.24) is 0 Å². The molecule has 1 aliphatic heterocycles. The van der Waals surface area contributed by atoms with Crippen LogP contribution in [0.1, 0.15) is 12.0 Å². The summed E-state index contributed by atoms with van der Waals surface area (Å²) in [6.45, 7) is -0.0913. The molecule has 1 unspecified atom stereocenters. The summed E-state index contributed by atoms with van der Waals surface area (Å²) in [6, 6.07) is 4.86. The van der Waals surface area contributed by atoms with Crippen molar-refractivity contribution in [2.45, 2.75) is 18.7 Å². The molecule has 1 heterocycles. The number of aliphatic hydroxyl groups is 1. The van der Waals surface area contributed by atoms with Gasteiger partial charge in [0.15, 0.2) is 0 Å². The number of nitrogens with zero attached hydrogens (tertiary/aromatic N) is 1. The number of alkyl halides is 3. The van der Waals surface area contributed by atoms with Gasteiger partial charge in [-0.1, -0.05) is 12.1 Å². The number of rotatable bonds is 1. The summed E-state index contributed by atoms with van der Waals surface area (Å²) in [5.41, 5.74) is -1.05. The summed E-state index contributed by atoms with van der Waals surface area (Å²) in [5.74, 6) is -0.491. The molecule has 0 aromatic heterocycles.